The van der Waals surface area contributed by atoms with E-state index in [0.29, 0.717) is 12.1 Å². The van der Waals surface area contributed by atoms with E-state index in [1.165, 1.54) is 12.4 Å². The van der Waals surface area contributed by atoms with Gasteiger partial charge in [-0.3, -0.25) is 4.79 Å². The van der Waals surface area contributed by atoms with Crippen LogP contribution < -0.4 is 0 Å². The summed E-state index contributed by atoms with van der Waals surface area (Å²) in [7, 11) is 0. The fraction of sp³-hybridized carbons (Fsp3) is 0.583. The zero-order valence-corrected chi connectivity index (χ0v) is 9.75. The highest BCUT2D eigenvalue weighted by Crippen LogP contribution is 2.24. The Balaban J connectivity index is 2.12. The second-order valence-corrected chi connectivity index (χ2v) is 4.29. The molecule has 2 rings (SSSR count). The molecule has 1 heterocycles. The largest absolute Gasteiger partial charge is 0.395 e. The lowest BCUT2D eigenvalue weighted by molar-refractivity contribution is 0.0637. The third kappa shape index (κ3) is 2.79. The van der Waals surface area contributed by atoms with Crippen LogP contribution in [0.4, 0.5) is 0 Å². The topological polar surface area (TPSA) is 66.3 Å². The molecule has 0 saturated heterocycles. The normalized spacial score (nSPS) is 16.1. The predicted octanol–water partition coefficient (Wildman–Crippen LogP) is 0.854. The number of carbonyl (C=O) groups excluding carboxylic acids is 1. The number of nitrogens with zero attached hydrogens (tertiary/aromatic N) is 3. The Bertz CT molecular complexity index is 363. The molecule has 5 nitrogen and oxygen atoms in total. The second-order valence-electron chi connectivity index (χ2n) is 4.29. The highest BCUT2D eigenvalue weighted by molar-refractivity contribution is 5.94. The van der Waals surface area contributed by atoms with Crippen molar-refractivity contribution in [2.24, 2.45) is 0 Å². The van der Waals surface area contributed by atoms with Crippen molar-refractivity contribution in [1.82, 2.24) is 15.1 Å². The summed E-state index contributed by atoms with van der Waals surface area (Å²) in [6.45, 7) is 0.395. The van der Waals surface area contributed by atoms with Crippen molar-refractivity contribution in [2.45, 2.75) is 31.7 Å². The summed E-state index contributed by atoms with van der Waals surface area (Å²) in [5.74, 6) is -0.0548. The van der Waals surface area contributed by atoms with Gasteiger partial charge in [0.1, 0.15) is 0 Å². The van der Waals surface area contributed by atoms with Gasteiger partial charge in [-0.1, -0.05) is 12.8 Å². The lowest BCUT2D eigenvalue weighted by Gasteiger charge is -2.28. The number of aromatic nitrogens is 2. The summed E-state index contributed by atoms with van der Waals surface area (Å²) in [5.41, 5.74) is 0.542. The molecular formula is C12H17N3O2. The quantitative estimate of drug-likeness (QED) is 0.840. The molecule has 0 radical (unpaired) electrons. The van der Waals surface area contributed by atoms with Crippen LogP contribution >= 0.6 is 0 Å². The molecule has 0 spiro atoms. The van der Waals surface area contributed by atoms with Gasteiger partial charge in [0, 0.05) is 12.6 Å². The van der Waals surface area contributed by atoms with E-state index < -0.39 is 0 Å². The molecule has 1 N–H and O–H groups in total. The standard InChI is InChI=1S/C12H17N3O2/c16-8-7-15(11-3-1-2-4-11)12(17)10-5-6-13-14-9-10/h5-6,9,11,16H,1-4,7-8H2. The van der Waals surface area contributed by atoms with Crippen molar-refractivity contribution in [1.29, 1.82) is 0 Å². The fourth-order valence-electron chi connectivity index (χ4n) is 2.36. The van der Waals surface area contributed by atoms with Crippen molar-refractivity contribution in [3.05, 3.63) is 24.0 Å². The molecule has 0 bridgehead atoms. The van der Waals surface area contributed by atoms with Crippen molar-refractivity contribution in [3.8, 4) is 0 Å². The Morgan fingerprint density at radius 3 is 2.76 bits per heavy atom. The number of aliphatic hydroxyl groups is 1. The van der Waals surface area contributed by atoms with Gasteiger partial charge in [-0.2, -0.15) is 10.2 Å². The van der Waals surface area contributed by atoms with E-state index in [4.69, 9.17) is 5.11 Å². The third-order valence-corrected chi connectivity index (χ3v) is 3.20. The molecular weight excluding hydrogens is 218 g/mol. The van der Waals surface area contributed by atoms with E-state index in [9.17, 15) is 4.79 Å². The Labute approximate surface area is 100 Å². The first kappa shape index (κ1) is 12.0. The monoisotopic (exact) mass is 235 g/mol. The number of aliphatic hydroxyl groups excluding tert-OH is 1. The number of carbonyl (C=O) groups is 1. The number of amides is 1. The molecule has 0 atom stereocenters. The van der Waals surface area contributed by atoms with E-state index in [1.807, 2.05) is 0 Å². The molecule has 92 valence electrons. The minimum absolute atomic E-state index is 0.000746. The van der Waals surface area contributed by atoms with Crippen LogP contribution in [-0.4, -0.2) is 45.3 Å². The Hall–Kier alpha value is -1.49. The van der Waals surface area contributed by atoms with Crippen molar-refractivity contribution in [2.75, 3.05) is 13.2 Å². The minimum atomic E-state index is -0.0548. The molecule has 0 unspecified atom stereocenters. The van der Waals surface area contributed by atoms with Gasteiger partial charge >= 0.3 is 0 Å². The smallest absolute Gasteiger partial charge is 0.255 e. The molecule has 1 aromatic heterocycles. The van der Waals surface area contributed by atoms with Gasteiger partial charge in [0.15, 0.2) is 0 Å². The van der Waals surface area contributed by atoms with E-state index in [0.717, 1.165) is 25.7 Å². The molecule has 1 fully saturated rings. The molecule has 1 aromatic rings. The summed E-state index contributed by atoms with van der Waals surface area (Å²) >= 11 is 0. The maximum Gasteiger partial charge on any atom is 0.255 e. The van der Waals surface area contributed by atoms with E-state index in [-0.39, 0.29) is 18.6 Å². The maximum absolute atomic E-state index is 12.3. The Morgan fingerprint density at radius 1 is 1.41 bits per heavy atom. The van der Waals surface area contributed by atoms with Gasteiger partial charge in [-0.15, -0.1) is 0 Å². The molecule has 1 saturated carbocycles. The van der Waals surface area contributed by atoms with Crippen LogP contribution in [0.25, 0.3) is 0 Å². The third-order valence-electron chi connectivity index (χ3n) is 3.20. The molecule has 0 aliphatic heterocycles. The van der Waals surface area contributed by atoms with Crippen LogP contribution in [0, 0.1) is 0 Å². The molecule has 0 aromatic carbocycles. The summed E-state index contributed by atoms with van der Waals surface area (Å²) in [6, 6.07) is 1.93. The van der Waals surface area contributed by atoms with Crippen molar-refractivity contribution in [3.63, 3.8) is 0 Å². The van der Waals surface area contributed by atoms with Crippen LogP contribution in [-0.2, 0) is 0 Å². The highest BCUT2D eigenvalue weighted by atomic mass is 16.3. The zero-order valence-electron chi connectivity index (χ0n) is 9.75. The lowest BCUT2D eigenvalue weighted by atomic mass is 10.1. The number of rotatable bonds is 4. The average molecular weight is 235 g/mol. The zero-order chi connectivity index (χ0) is 12.1. The van der Waals surface area contributed by atoms with E-state index in [2.05, 4.69) is 10.2 Å². The average Bonchev–Trinajstić information content (AvgIpc) is 2.90. The molecule has 1 aliphatic carbocycles. The summed E-state index contributed by atoms with van der Waals surface area (Å²) < 4.78 is 0. The van der Waals surface area contributed by atoms with Crippen LogP contribution in [0.3, 0.4) is 0 Å². The van der Waals surface area contributed by atoms with Crippen molar-refractivity contribution < 1.29 is 9.90 Å². The number of hydrogen-bond acceptors (Lipinski definition) is 4. The molecule has 17 heavy (non-hydrogen) atoms. The van der Waals surface area contributed by atoms with Crippen LogP contribution in [0.1, 0.15) is 36.0 Å². The van der Waals surface area contributed by atoms with Crippen LogP contribution in [0.5, 0.6) is 0 Å². The predicted molar refractivity (Wildman–Crippen MR) is 62.4 cm³/mol. The molecule has 5 heteroatoms. The summed E-state index contributed by atoms with van der Waals surface area (Å²) in [6.07, 6.45) is 7.37. The van der Waals surface area contributed by atoms with Gasteiger partial charge in [0.25, 0.3) is 5.91 Å². The second kappa shape index (κ2) is 5.72. The first-order valence-electron chi connectivity index (χ1n) is 6.01. The van der Waals surface area contributed by atoms with Gasteiger partial charge in [0.05, 0.1) is 24.6 Å². The highest BCUT2D eigenvalue weighted by Gasteiger charge is 2.26. The lowest BCUT2D eigenvalue weighted by Crippen LogP contribution is -2.40. The Kier molecular flexibility index (Phi) is 4.03. The van der Waals surface area contributed by atoms with E-state index in [1.54, 1.807) is 11.0 Å². The molecule has 1 amide bonds. The fourth-order valence-corrected chi connectivity index (χ4v) is 2.36. The van der Waals surface area contributed by atoms with Crippen LogP contribution in [0.15, 0.2) is 18.5 Å². The maximum atomic E-state index is 12.3. The van der Waals surface area contributed by atoms with Crippen LogP contribution in [0.2, 0.25) is 0 Å². The summed E-state index contributed by atoms with van der Waals surface area (Å²) in [4.78, 5) is 14.0. The number of hydrogen-bond donors (Lipinski definition) is 1. The van der Waals surface area contributed by atoms with E-state index >= 15 is 0 Å². The van der Waals surface area contributed by atoms with Gasteiger partial charge < -0.3 is 10.0 Å². The molecule has 1 aliphatic rings. The minimum Gasteiger partial charge on any atom is -0.395 e. The van der Waals surface area contributed by atoms with Crippen molar-refractivity contribution >= 4 is 5.91 Å². The Morgan fingerprint density at radius 2 is 2.18 bits per heavy atom. The SMILES string of the molecule is O=C(c1ccnnc1)N(CCO)C1CCCC1. The van der Waals surface area contributed by atoms with Gasteiger partial charge in [-0.05, 0) is 18.9 Å². The van der Waals surface area contributed by atoms with Gasteiger partial charge in [-0.25, -0.2) is 0 Å². The first-order chi connectivity index (χ1) is 8.33. The first-order valence-corrected chi connectivity index (χ1v) is 6.01. The van der Waals surface area contributed by atoms with Gasteiger partial charge in [0.2, 0.25) is 0 Å². The summed E-state index contributed by atoms with van der Waals surface area (Å²) in [5, 5.41) is 16.4.